The highest BCUT2D eigenvalue weighted by molar-refractivity contribution is 7.88. The molecule has 0 atom stereocenters. The topological polar surface area (TPSA) is 88.2 Å². The van der Waals surface area contributed by atoms with Gasteiger partial charge in [-0.3, -0.25) is 4.79 Å². The molecule has 3 rings (SSSR count). The molecule has 0 bridgehead atoms. The minimum atomic E-state index is -3.17. The van der Waals surface area contributed by atoms with E-state index in [0.29, 0.717) is 13.0 Å². The molecule has 2 N–H and O–H groups in total. The molecule has 0 aliphatic rings. The highest BCUT2D eigenvalue weighted by atomic mass is 32.2. The number of hydrogen-bond donors (Lipinski definition) is 2. The average Bonchev–Trinajstić information content (AvgIpc) is 3.25. The van der Waals surface area contributed by atoms with E-state index < -0.39 is 10.0 Å². The number of rotatable bonds is 8. The zero-order chi connectivity index (χ0) is 20.1. The van der Waals surface area contributed by atoms with Crippen LogP contribution < -0.4 is 10.0 Å². The first-order valence-corrected chi connectivity index (χ1v) is 12.2. The summed E-state index contributed by atoms with van der Waals surface area (Å²) < 4.78 is 24.7. The minimum Gasteiger partial charge on any atom is -0.326 e. The quantitative estimate of drug-likeness (QED) is 0.567. The van der Waals surface area contributed by atoms with E-state index in [1.807, 2.05) is 48.7 Å². The van der Waals surface area contributed by atoms with E-state index in [1.54, 1.807) is 11.3 Å². The molecule has 0 saturated carbocycles. The van der Waals surface area contributed by atoms with Gasteiger partial charge in [-0.2, -0.15) is 0 Å². The van der Waals surface area contributed by atoms with Crippen molar-refractivity contribution in [3.8, 4) is 10.6 Å². The molecule has 0 aliphatic carbocycles. The SMILES string of the molecule is Cc1ccc(NC(=O)Cc2nc(-c3ccc(CCNS(C)(=O)=O)s3)cs2)cc1. The van der Waals surface area contributed by atoms with E-state index in [9.17, 15) is 13.2 Å². The molecule has 1 aromatic carbocycles. The second-order valence-electron chi connectivity index (χ2n) is 6.40. The molecule has 3 aromatic rings. The molecule has 0 aliphatic heterocycles. The van der Waals surface area contributed by atoms with Gasteiger partial charge in [-0.25, -0.2) is 18.1 Å². The van der Waals surface area contributed by atoms with Crippen LogP contribution >= 0.6 is 22.7 Å². The number of sulfonamides is 1. The molecular formula is C19H21N3O3S3. The van der Waals surface area contributed by atoms with Gasteiger partial charge in [0.05, 0.1) is 23.2 Å². The van der Waals surface area contributed by atoms with Gasteiger partial charge in [0, 0.05) is 22.5 Å². The van der Waals surface area contributed by atoms with Gasteiger partial charge in [0.15, 0.2) is 0 Å². The summed E-state index contributed by atoms with van der Waals surface area (Å²) in [5.74, 6) is -0.0940. The third-order valence-electron chi connectivity index (χ3n) is 3.85. The molecule has 28 heavy (non-hydrogen) atoms. The van der Waals surface area contributed by atoms with E-state index in [-0.39, 0.29) is 12.3 Å². The Kier molecular flexibility index (Phi) is 6.61. The second kappa shape index (κ2) is 8.95. The van der Waals surface area contributed by atoms with Gasteiger partial charge >= 0.3 is 0 Å². The van der Waals surface area contributed by atoms with Crippen molar-refractivity contribution in [1.82, 2.24) is 9.71 Å². The van der Waals surface area contributed by atoms with Gasteiger partial charge in [-0.1, -0.05) is 17.7 Å². The Morgan fingerprint density at radius 2 is 1.89 bits per heavy atom. The Balaban J connectivity index is 1.56. The molecule has 148 valence electrons. The molecule has 2 aromatic heterocycles. The van der Waals surface area contributed by atoms with Crippen LogP contribution in [0.1, 0.15) is 15.4 Å². The van der Waals surface area contributed by atoms with Crippen molar-refractivity contribution in [2.75, 3.05) is 18.1 Å². The molecule has 0 radical (unpaired) electrons. The average molecular weight is 436 g/mol. The summed E-state index contributed by atoms with van der Waals surface area (Å²) in [4.78, 5) is 18.9. The fourth-order valence-electron chi connectivity index (χ4n) is 2.49. The lowest BCUT2D eigenvalue weighted by Gasteiger charge is -2.04. The Morgan fingerprint density at radius 1 is 1.14 bits per heavy atom. The summed E-state index contributed by atoms with van der Waals surface area (Å²) in [5.41, 5.74) is 2.76. The predicted molar refractivity (Wildman–Crippen MR) is 115 cm³/mol. The third-order valence-corrected chi connectivity index (χ3v) is 6.59. The van der Waals surface area contributed by atoms with Crippen molar-refractivity contribution >= 4 is 44.3 Å². The van der Waals surface area contributed by atoms with Gasteiger partial charge in [-0.15, -0.1) is 22.7 Å². The van der Waals surface area contributed by atoms with Gasteiger partial charge in [0.2, 0.25) is 15.9 Å². The third kappa shape index (κ3) is 6.23. The van der Waals surface area contributed by atoms with Crippen LogP contribution in [0.3, 0.4) is 0 Å². The number of carbonyl (C=O) groups excluding carboxylic acids is 1. The zero-order valence-electron chi connectivity index (χ0n) is 15.6. The van der Waals surface area contributed by atoms with E-state index in [4.69, 9.17) is 0 Å². The molecule has 0 saturated heterocycles. The predicted octanol–water partition coefficient (Wildman–Crippen LogP) is 3.45. The number of nitrogens with one attached hydrogen (secondary N) is 2. The molecule has 0 fully saturated rings. The van der Waals surface area contributed by atoms with Crippen LogP contribution in [0.5, 0.6) is 0 Å². The van der Waals surface area contributed by atoms with E-state index in [1.165, 1.54) is 11.3 Å². The highest BCUT2D eigenvalue weighted by Gasteiger charge is 2.11. The molecule has 0 spiro atoms. The second-order valence-corrected chi connectivity index (χ2v) is 10.3. The van der Waals surface area contributed by atoms with E-state index >= 15 is 0 Å². The number of thiophene rings is 1. The Morgan fingerprint density at radius 3 is 2.61 bits per heavy atom. The fourth-order valence-corrected chi connectivity index (χ4v) is 4.80. The smallest absolute Gasteiger partial charge is 0.231 e. The maximum atomic E-state index is 12.2. The summed E-state index contributed by atoms with van der Waals surface area (Å²) in [6.07, 6.45) is 2.02. The molecule has 0 unspecified atom stereocenters. The van der Waals surface area contributed by atoms with Crippen molar-refractivity contribution in [2.45, 2.75) is 19.8 Å². The number of carbonyl (C=O) groups is 1. The number of anilines is 1. The number of aryl methyl sites for hydroxylation is 1. The maximum Gasteiger partial charge on any atom is 0.231 e. The van der Waals surface area contributed by atoms with Crippen LogP contribution in [-0.4, -0.2) is 32.1 Å². The minimum absolute atomic E-state index is 0.0940. The van der Waals surface area contributed by atoms with Gasteiger partial charge < -0.3 is 5.32 Å². The molecule has 1 amide bonds. The molecule has 9 heteroatoms. The summed E-state index contributed by atoms with van der Waals surface area (Å²) in [5, 5.41) is 5.58. The van der Waals surface area contributed by atoms with Crippen LogP contribution in [0.2, 0.25) is 0 Å². The van der Waals surface area contributed by atoms with Gasteiger partial charge in [0.25, 0.3) is 0 Å². The lowest BCUT2D eigenvalue weighted by Crippen LogP contribution is -2.23. The standard InChI is InChI=1S/C19H21N3O3S3/c1-13-3-5-14(6-4-13)21-18(23)11-19-22-16(12-26-19)17-8-7-15(27-17)9-10-20-28(2,24)25/h3-8,12,20H,9-11H2,1-2H3,(H,21,23). The Bertz CT molecular complexity index is 1050. The first kappa shape index (κ1) is 20.7. The van der Waals surface area contributed by atoms with Crippen molar-refractivity contribution < 1.29 is 13.2 Å². The number of thiazole rings is 1. The Hall–Kier alpha value is -2.07. The highest BCUT2D eigenvalue weighted by Crippen LogP contribution is 2.29. The first-order chi connectivity index (χ1) is 13.3. The van der Waals surface area contributed by atoms with E-state index in [0.717, 1.165) is 38.0 Å². The first-order valence-electron chi connectivity index (χ1n) is 8.63. The van der Waals surface area contributed by atoms with Crippen LogP contribution in [0, 0.1) is 6.92 Å². The van der Waals surface area contributed by atoms with Crippen LogP contribution in [0.4, 0.5) is 5.69 Å². The largest absolute Gasteiger partial charge is 0.326 e. The number of nitrogens with zero attached hydrogens (tertiary/aromatic N) is 1. The Labute approximate surface area is 172 Å². The van der Waals surface area contributed by atoms with Crippen molar-refractivity contribution in [3.63, 3.8) is 0 Å². The summed E-state index contributed by atoms with van der Waals surface area (Å²) in [7, 11) is -3.17. The number of hydrogen-bond acceptors (Lipinski definition) is 6. The van der Waals surface area contributed by atoms with Crippen LogP contribution in [0.15, 0.2) is 41.8 Å². The monoisotopic (exact) mass is 435 g/mol. The van der Waals surface area contributed by atoms with Crippen molar-refractivity contribution in [2.24, 2.45) is 0 Å². The number of benzene rings is 1. The molecule has 2 heterocycles. The molecule has 6 nitrogen and oxygen atoms in total. The van der Waals surface area contributed by atoms with Crippen molar-refractivity contribution in [3.05, 3.63) is 57.2 Å². The van der Waals surface area contributed by atoms with Crippen LogP contribution in [-0.2, 0) is 27.7 Å². The molecular weight excluding hydrogens is 414 g/mol. The lowest BCUT2D eigenvalue weighted by atomic mass is 10.2. The van der Waals surface area contributed by atoms with Gasteiger partial charge in [-0.05, 0) is 37.6 Å². The van der Waals surface area contributed by atoms with E-state index in [2.05, 4.69) is 15.0 Å². The summed E-state index contributed by atoms with van der Waals surface area (Å²) >= 11 is 3.04. The summed E-state index contributed by atoms with van der Waals surface area (Å²) in [6.45, 7) is 2.38. The maximum absolute atomic E-state index is 12.2. The van der Waals surface area contributed by atoms with Crippen LogP contribution in [0.25, 0.3) is 10.6 Å². The summed E-state index contributed by atoms with van der Waals surface area (Å²) in [6, 6.07) is 11.6. The number of aromatic nitrogens is 1. The number of amides is 1. The van der Waals surface area contributed by atoms with Crippen molar-refractivity contribution in [1.29, 1.82) is 0 Å². The normalized spacial score (nSPS) is 11.5. The lowest BCUT2D eigenvalue weighted by molar-refractivity contribution is -0.115. The van der Waals surface area contributed by atoms with Gasteiger partial charge in [0.1, 0.15) is 5.01 Å². The fraction of sp³-hybridized carbons (Fsp3) is 0.263. The zero-order valence-corrected chi connectivity index (χ0v) is 18.0.